The molecule has 25 heavy (non-hydrogen) atoms. The number of carbonyl (C=O) groups excluding carboxylic acids is 2. The maximum atomic E-state index is 12.9. The van der Waals surface area contributed by atoms with Crippen molar-refractivity contribution in [3.05, 3.63) is 29.8 Å². The van der Waals surface area contributed by atoms with Crippen LogP contribution in [0.5, 0.6) is 0 Å². The molecule has 4 rings (SSSR count). The number of carbonyl (C=O) groups is 2. The Labute approximate surface area is 147 Å². The van der Waals surface area contributed by atoms with Crippen LogP contribution in [0.4, 0.5) is 10.5 Å². The highest BCUT2D eigenvalue weighted by atomic mass is 16.5. The van der Waals surface area contributed by atoms with E-state index in [9.17, 15) is 9.59 Å². The van der Waals surface area contributed by atoms with Crippen LogP contribution in [-0.2, 0) is 14.9 Å². The molecule has 0 bridgehead atoms. The van der Waals surface area contributed by atoms with Crippen LogP contribution >= 0.6 is 0 Å². The van der Waals surface area contributed by atoms with Crippen molar-refractivity contribution in [2.45, 2.75) is 43.1 Å². The van der Waals surface area contributed by atoms with E-state index in [1.165, 1.54) is 5.56 Å². The van der Waals surface area contributed by atoms with Gasteiger partial charge in [0, 0.05) is 24.8 Å². The largest absolute Gasteiger partial charge is 0.384 e. The van der Waals surface area contributed by atoms with Crippen LogP contribution in [0.15, 0.2) is 24.3 Å². The zero-order valence-corrected chi connectivity index (χ0v) is 14.7. The molecule has 6 heteroatoms. The molecule has 1 aromatic rings. The van der Waals surface area contributed by atoms with E-state index >= 15 is 0 Å². The number of rotatable bonds is 5. The van der Waals surface area contributed by atoms with Crippen LogP contribution in [0.25, 0.3) is 0 Å². The van der Waals surface area contributed by atoms with Crippen molar-refractivity contribution in [2.24, 2.45) is 5.73 Å². The second-order valence-electron chi connectivity index (χ2n) is 7.63. The Balaban J connectivity index is 1.60. The lowest BCUT2D eigenvalue weighted by atomic mass is 9.87. The van der Waals surface area contributed by atoms with Crippen LogP contribution in [0.2, 0.25) is 0 Å². The highest BCUT2D eigenvalue weighted by Gasteiger charge is 2.55. The fourth-order valence-corrected chi connectivity index (χ4v) is 4.43. The molecular weight excluding hydrogens is 318 g/mol. The number of hydrogen-bond donors (Lipinski definition) is 1. The number of urea groups is 1. The Morgan fingerprint density at radius 1 is 1.20 bits per heavy atom. The van der Waals surface area contributed by atoms with Crippen LogP contribution in [-0.4, -0.2) is 49.2 Å². The normalized spacial score (nSPS) is 27.3. The minimum Gasteiger partial charge on any atom is -0.384 e. The minimum absolute atomic E-state index is 0.107. The molecule has 0 spiro atoms. The monoisotopic (exact) mass is 343 g/mol. The summed E-state index contributed by atoms with van der Waals surface area (Å²) in [7, 11) is 1.73. The number of piperidine rings is 1. The zero-order chi connectivity index (χ0) is 17.7. The van der Waals surface area contributed by atoms with E-state index in [4.69, 9.17) is 10.5 Å². The van der Waals surface area contributed by atoms with Crippen LogP contribution in [0.3, 0.4) is 0 Å². The molecule has 0 unspecified atom stereocenters. The number of nitrogens with two attached hydrogens (primary N) is 1. The number of nitrogens with zero attached hydrogens (tertiary/aromatic N) is 2. The Morgan fingerprint density at radius 3 is 2.48 bits per heavy atom. The lowest BCUT2D eigenvalue weighted by Crippen LogP contribution is -2.58. The summed E-state index contributed by atoms with van der Waals surface area (Å²) in [5.41, 5.74) is 7.08. The van der Waals surface area contributed by atoms with Crippen molar-refractivity contribution in [1.29, 1.82) is 0 Å². The minimum atomic E-state index is -0.845. The molecule has 134 valence electrons. The number of hydrogen-bond acceptors (Lipinski definition) is 3. The van der Waals surface area contributed by atoms with E-state index in [2.05, 4.69) is 12.1 Å². The maximum Gasteiger partial charge on any atom is 0.325 e. The summed E-state index contributed by atoms with van der Waals surface area (Å²) in [5.74, 6) is -0.392. The van der Waals surface area contributed by atoms with Crippen molar-refractivity contribution >= 4 is 17.6 Å². The van der Waals surface area contributed by atoms with Crippen molar-refractivity contribution < 1.29 is 14.3 Å². The topological polar surface area (TPSA) is 75.9 Å². The lowest BCUT2D eigenvalue weighted by Gasteiger charge is -2.37. The third-order valence-corrected chi connectivity index (χ3v) is 6.14. The van der Waals surface area contributed by atoms with E-state index in [0.29, 0.717) is 19.5 Å². The molecule has 1 saturated carbocycles. The van der Waals surface area contributed by atoms with Gasteiger partial charge in [-0.25, -0.2) is 4.79 Å². The lowest BCUT2D eigenvalue weighted by molar-refractivity contribution is -0.128. The maximum absolute atomic E-state index is 12.9. The van der Waals surface area contributed by atoms with Crippen molar-refractivity contribution in [2.75, 3.05) is 31.7 Å². The van der Waals surface area contributed by atoms with Crippen LogP contribution in [0, 0.1) is 0 Å². The first-order valence-corrected chi connectivity index (χ1v) is 9.01. The molecule has 1 aliphatic carbocycles. The summed E-state index contributed by atoms with van der Waals surface area (Å²) in [6.45, 7) is 1.69. The van der Waals surface area contributed by atoms with Gasteiger partial charge in [-0.3, -0.25) is 9.69 Å². The number of benzene rings is 1. The summed E-state index contributed by atoms with van der Waals surface area (Å²) in [6, 6.07) is 8.03. The molecule has 0 aromatic heterocycles. The molecule has 0 radical (unpaired) electrons. The number of primary amides is 1. The fourth-order valence-electron chi connectivity index (χ4n) is 4.43. The SMILES string of the molecule is COCC1(c2ccc(N3C[C@@]4(C(N)=O)CCCCN4C3=O)cc2)CC1. The third-order valence-electron chi connectivity index (χ3n) is 6.14. The fraction of sp³-hybridized carbons (Fsp3) is 0.579. The molecule has 2 saturated heterocycles. The third kappa shape index (κ3) is 2.42. The quantitative estimate of drug-likeness (QED) is 0.888. The Bertz CT molecular complexity index is 698. The van der Waals surface area contributed by atoms with Gasteiger partial charge < -0.3 is 15.4 Å². The molecule has 2 heterocycles. The summed E-state index contributed by atoms with van der Waals surface area (Å²) >= 11 is 0. The first-order chi connectivity index (χ1) is 12.0. The van der Waals surface area contributed by atoms with Gasteiger partial charge in [0.25, 0.3) is 0 Å². The molecule has 3 fully saturated rings. The Hall–Kier alpha value is -2.08. The number of anilines is 1. The molecule has 2 aliphatic heterocycles. The standard InChI is InChI=1S/C19H25N3O3/c1-25-13-18(9-10-18)14-4-6-15(7-5-14)21-12-19(16(20)23)8-2-3-11-22(19)17(21)24/h4-7H,2-3,8-13H2,1H3,(H2,20,23)/t19-/m1/s1. The first-order valence-electron chi connectivity index (χ1n) is 9.01. The van der Waals surface area contributed by atoms with Gasteiger partial charge in [0.1, 0.15) is 5.54 Å². The highest BCUT2D eigenvalue weighted by molar-refractivity contribution is 6.02. The average molecular weight is 343 g/mol. The molecule has 1 aromatic carbocycles. The van der Waals surface area contributed by atoms with Gasteiger partial charge in [-0.2, -0.15) is 0 Å². The van der Waals surface area contributed by atoms with Gasteiger partial charge in [-0.05, 0) is 49.8 Å². The molecule has 1 atom stereocenters. The van der Waals surface area contributed by atoms with Gasteiger partial charge in [0.05, 0.1) is 13.2 Å². The van der Waals surface area contributed by atoms with Gasteiger partial charge in [-0.1, -0.05) is 12.1 Å². The molecule has 3 amide bonds. The second-order valence-corrected chi connectivity index (χ2v) is 7.63. The molecular formula is C19H25N3O3. The number of fused-ring (bicyclic) bond motifs is 1. The van der Waals surface area contributed by atoms with Crippen LogP contribution in [0.1, 0.15) is 37.7 Å². The number of amides is 3. The van der Waals surface area contributed by atoms with Gasteiger partial charge in [-0.15, -0.1) is 0 Å². The number of methoxy groups -OCH3 is 1. The molecule has 3 aliphatic rings. The Kier molecular flexibility index (Phi) is 3.76. The average Bonchev–Trinajstić information content (AvgIpc) is 3.34. The smallest absolute Gasteiger partial charge is 0.325 e. The second kappa shape index (κ2) is 5.73. The van der Waals surface area contributed by atoms with Crippen molar-refractivity contribution in [3.63, 3.8) is 0 Å². The van der Waals surface area contributed by atoms with E-state index in [0.717, 1.165) is 38.0 Å². The number of ether oxygens (including phenoxy) is 1. The van der Waals surface area contributed by atoms with Gasteiger partial charge >= 0.3 is 6.03 Å². The summed E-state index contributed by atoms with van der Waals surface area (Å²) in [5, 5.41) is 0. The highest BCUT2D eigenvalue weighted by Crippen LogP contribution is 2.48. The predicted molar refractivity (Wildman–Crippen MR) is 94.5 cm³/mol. The zero-order valence-electron chi connectivity index (χ0n) is 14.7. The van der Waals surface area contributed by atoms with Crippen molar-refractivity contribution in [1.82, 2.24) is 4.90 Å². The van der Waals surface area contributed by atoms with E-state index < -0.39 is 11.4 Å². The van der Waals surface area contributed by atoms with Gasteiger partial charge in [0.15, 0.2) is 0 Å². The van der Waals surface area contributed by atoms with E-state index in [1.807, 2.05) is 12.1 Å². The molecule has 6 nitrogen and oxygen atoms in total. The Morgan fingerprint density at radius 2 is 1.92 bits per heavy atom. The van der Waals surface area contributed by atoms with Crippen LogP contribution < -0.4 is 10.6 Å². The summed E-state index contributed by atoms with van der Waals surface area (Å²) < 4.78 is 5.35. The van der Waals surface area contributed by atoms with Crippen molar-refractivity contribution in [3.8, 4) is 0 Å². The summed E-state index contributed by atoms with van der Waals surface area (Å²) in [4.78, 5) is 28.4. The summed E-state index contributed by atoms with van der Waals surface area (Å²) in [6.07, 6.45) is 4.79. The first kappa shape index (κ1) is 16.4. The van der Waals surface area contributed by atoms with E-state index in [-0.39, 0.29) is 11.4 Å². The predicted octanol–water partition coefficient (Wildman–Crippen LogP) is 2.01. The van der Waals surface area contributed by atoms with E-state index in [1.54, 1.807) is 16.9 Å². The van der Waals surface area contributed by atoms with Gasteiger partial charge in [0.2, 0.25) is 5.91 Å². The molecule has 2 N–H and O–H groups in total.